The molecule has 0 unspecified atom stereocenters. The number of thiazole rings is 1. The predicted octanol–water partition coefficient (Wildman–Crippen LogP) is 5.83. The maximum atomic E-state index is 12.5. The Hall–Kier alpha value is -2.61. The van der Waals surface area contributed by atoms with Crippen LogP contribution in [0, 0.1) is 5.92 Å². The van der Waals surface area contributed by atoms with Crippen LogP contribution in [-0.2, 0) is 19.5 Å². The molecular formula is C27H34ClN3O3S. The van der Waals surface area contributed by atoms with E-state index in [-0.39, 0.29) is 5.91 Å². The molecule has 0 spiro atoms. The molecule has 0 aliphatic rings. The van der Waals surface area contributed by atoms with E-state index in [1.807, 2.05) is 41.8 Å². The van der Waals surface area contributed by atoms with Gasteiger partial charge in [0, 0.05) is 30.0 Å². The number of methoxy groups -OCH3 is 2. The van der Waals surface area contributed by atoms with Crippen LogP contribution in [0.3, 0.4) is 0 Å². The lowest BCUT2D eigenvalue weighted by Gasteiger charge is -2.22. The van der Waals surface area contributed by atoms with Gasteiger partial charge in [0.15, 0.2) is 11.5 Å². The zero-order valence-electron chi connectivity index (χ0n) is 20.8. The minimum absolute atomic E-state index is 0.109. The first-order chi connectivity index (χ1) is 16.9. The van der Waals surface area contributed by atoms with Gasteiger partial charge < -0.3 is 14.8 Å². The first-order valence-corrected chi connectivity index (χ1v) is 13.0. The number of nitrogens with zero attached hydrogens (tertiary/aromatic N) is 2. The van der Waals surface area contributed by atoms with Crippen molar-refractivity contribution in [3.63, 3.8) is 0 Å². The standard InChI is InChI=1S/C27H34ClN3O3S/c1-19(2)11-13-29-27(32)23-18-35-26(30-23)17-31(16-21-5-8-22(28)9-6-21)14-12-20-7-10-24(33-3)25(15-20)34-4/h5-10,15,18-19H,11-14,16-17H2,1-4H3,(H,29,32). The molecule has 0 radical (unpaired) electrons. The average molecular weight is 516 g/mol. The number of carbonyl (C=O) groups excluding carboxylic acids is 1. The summed E-state index contributed by atoms with van der Waals surface area (Å²) in [5.74, 6) is 1.88. The molecule has 2 aromatic carbocycles. The summed E-state index contributed by atoms with van der Waals surface area (Å²) >= 11 is 7.60. The molecule has 1 aromatic heterocycles. The Bertz CT molecular complexity index is 1090. The van der Waals surface area contributed by atoms with Gasteiger partial charge in [-0.15, -0.1) is 11.3 Å². The Morgan fingerprint density at radius 2 is 1.77 bits per heavy atom. The fourth-order valence-electron chi connectivity index (χ4n) is 3.63. The van der Waals surface area contributed by atoms with Crippen molar-refractivity contribution in [2.75, 3.05) is 27.3 Å². The van der Waals surface area contributed by atoms with Gasteiger partial charge in [0.05, 0.1) is 20.8 Å². The van der Waals surface area contributed by atoms with Gasteiger partial charge in [-0.3, -0.25) is 9.69 Å². The number of benzene rings is 2. The molecule has 0 aliphatic heterocycles. The smallest absolute Gasteiger partial charge is 0.270 e. The number of hydrogen-bond donors (Lipinski definition) is 1. The lowest BCUT2D eigenvalue weighted by atomic mass is 10.1. The molecule has 0 saturated carbocycles. The van der Waals surface area contributed by atoms with E-state index >= 15 is 0 Å². The first kappa shape index (κ1) is 27.0. The number of amides is 1. The fourth-order valence-corrected chi connectivity index (χ4v) is 4.57. The molecule has 3 rings (SSSR count). The van der Waals surface area contributed by atoms with E-state index in [0.717, 1.165) is 53.0 Å². The van der Waals surface area contributed by atoms with E-state index in [1.165, 1.54) is 16.9 Å². The maximum absolute atomic E-state index is 12.5. The number of rotatable bonds is 13. The largest absolute Gasteiger partial charge is 0.493 e. The van der Waals surface area contributed by atoms with Crippen molar-refractivity contribution >= 4 is 28.8 Å². The number of halogens is 1. The fraction of sp³-hybridized carbons (Fsp3) is 0.407. The van der Waals surface area contributed by atoms with Gasteiger partial charge in [0.25, 0.3) is 5.91 Å². The van der Waals surface area contributed by atoms with Crippen LogP contribution in [-0.4, -0.2) is 43.1 Å². The van der Waals surface area contributed by atoms with E-state index in [1.54, 1.807) is 14.2 Å². The highest BCUT2D eigenvalue weighted by Gasteiger charge is 2.15. The second kappa shape index (κ2) is 13.5. The summed E-state index contributed by atoms with van der Waals surface area (Å²) in [4.78, 5) is 19.4. The number of ether oxygens (including phenoxy) is 2. The molecule has 8 heteroatoms. The normalized spacial score (nSPS) is 11.2. The molecule has 0 aliphatic carbocycles. The molecule has 0 atom stereocenters. The van der Waals surface area contributed by atoms with Crippen molar-refractivity contribution < 1.29 is 14.3 Å². The second-order valence-electron chi connectivity index (χ2n) is 8.84. The minimum atomic E-state index is -0.109. The van der Waals surface area contributed by atoms with Gasteiger partial charge in [0.2, 0.25) is 0 Å². The van der Waals surface area contributed by atoms with Crippen LogP contribution in [0.4, 0.5) is 0 Å². The Morgan fingerprint density at radius 1 is 1.06 bits per heavy atom. The van der Waals surface area contributed by atoms with Crippen molar-refractivity contribution in [1.82, 2.24) is 15.2 Å². The molecule has 35 heavy (non-hydrogen) atoms. The zero-order valence-corrected chi connectivity index (χ0v) is 22.4. The predicted molar refractivity (Wildman–Crippen MR) is 143 cm³/mol. The summed E-state index contributed by atoms with van der Waals surface area (Å²) in [6, 6.07) is 13.9. The number of nitrogens with one attached hydrogen (secondary N) is 1. The summed E-state index contributed by atoms with van der Waals surface area (Å²) in [6.07, 6.45) is 1.79. The Kier molecular flexibility index (Phi) is 10.4. The summed E-state index contributed by atoms with van der Waals surface area (Å²) in [7, 11) is 3.28. The SMILES string of the molecule is COc1ccc(CCN(Cc2ccc(Cl)cc2)Cc2nc(C(=O)NCCC(C)C)cs2)cc1OC. The number of hydrogen-bond acceptors (Lipinski definition) is 6. The van der Waals surface area contributed by atoms with Crippen LogP contribution in [0.5, 0.6) is 11.5 Å². The van der Waals surface area contributed by atoms with Gasteiger partial charge >= 0.3 is 0 Å². The highest BCUT2D eigenvalue weighted by molar-refractivity contribution is 7.09. The monoisotopic (exact) mass is 515 g/mol. The van der Waals surface area contributed by atoms with Crippen molar-refractivity contribution in [3.8, 4) is 11.5 Å². The van der Waals surface area contributed by atoms with E-state index in [4.69, 9.17) is 21.1 Å². The van der Waals surface area contributed by atoms with Crippen LogP contribution in [0.2, 0.25) is 5.02 Å². The van der Waals surface area contributed by atoms with Gasteiger partial charge in [-0.05, 0) is 54.2 Å². The number of carbonyl (C=O) groups is 1. The molecule has 0 fully saturated rings. The Labute approximate surface area is 217 Å². The van der Waals surface area contributed by atoms with E-state index in [2.05, 4.69) is 35.1 Å². The van der Waals surface area contributed by atoms with Crippen molar-refractivity contribution in [3.05, 3.63) is 74.7 Å². The minimum Gasteiger partial charge on any atom is -0.493 e. The van der Waals surface area contributed by atoms with Gasteiger partial charge in [-0.2, -0.15) is 0 Å². The van der Waals surface area contributed by atoms with Crippen LogP contribution < -0.4 is 14.8 Å². The van der Waals surface area contributed by atoms with Crippen molar-refractivity contribution in [2.24, 2.45) is 5.92 Å². The topological polar surface area (TPSA) is 63.7 Å². The summed E-state index contributed by atoms with van der Waals surface area (Å²) in [6.45, 7) is 7.17. The lowest BCUT2D eigenvalue weighted by molar-refractivity contribution is 0.0947. The molecular weight excluding hydrogens is 482 g/mol. The Balaban J connectivity index is 1.68. The van der Waals surface area contributed by atoms with Crippen LogP contribution in [0.1, 0.15) is 46.9 Å². The van der Waals surface area contributed by atoms with Crippen LogP contribution in [0.25, 0.3) is 0 Å². The molecule has 1 N–H and O–H groups in total. The third-order valence-corrected chi connectivity index (χ3v) is 6.72. The first-order valence-electron chi connectivity index (χ1n) is 11.8. The molecule has 1 heterocycles. The summed E-state index contributed by atoms with van der Waals surface area (Å²) in [5.41, 5.74) is 2.82. The molecule has 188 valence electrons. The molecule has 3 aromatic rings. The highest BCUT2D eigenvalue weighted by atomic mass is 35.5. The third-order valence-electron chi connectivity index (χ3n) is 5.63. The van der Waals surface area contributed by atoms with Gasteiger partial charge in [-0.25, -0.2) is 4.98 Å². The van der Waals surface area contributed by atoms with E-state index in [0.29, 0.717) is 24.7 Å². The van der Waals surface area contributed by atoms with E-state index in [9.17, 15) is 4.79 Å². The van der Waals surface area contributed by atoms with Gasteiger partial charge in [0.1, 0.15) is 10.7 Å². The lowest BCUT2D eigenvalue weighted by Crippen LogP contribution is -2.27. The molecule has 1 amide bonds. The number of aromatic nitrogens is 1. The van der Waals surface area contributed by atoms with Crippen LogP contribution in [0.15, 0.2) is 47.8 Å². The van der Waals surface area contributed by atoms with Crippen LogP contribution >= 0.6 is 22.9 Å². The molecule has 0 bridgehead atoms. The van der Waals surface area contributed by atoms with Gasteiger partial charge in [-0.1, -0.05) is 43.6 Å². The quantitative estimate of drug-likeness (QED) is 0.310. The summed E-state index contributed by atoms with van der Waals surface area (Å²) < 4.78 is 10.8. The Morgan fingerprint density at radius 3 is 2.46 bits per heavy atom. The highest BCUT2D eigenvalue weighted by Crippen LogP contribution is 2.28. The molecule has 6 nitrogen and oxygen atoms in total. The third kappa shape index (κ3) is 8.53. The zero-order chi connectivity index (χ0) is 25.2. The van der Waals surface area contributed by atoms with Crippen molar-refractivity contribution in [1.29, 1.82) is 0 Å². The van der Waals surface area contributed by atoms with Crippen molar-refractivity contribution in [2.45, 2.75) is 39.8 Å². The maximum Gasteiger partial charge on any atom is 0.270 e. The average Bonchev–Trinajstić information content (AvgIpc) is 3.32. The second-order valence-corrected chi connectivity index (χ2v) is 10.2. The molecule has 0 saturated heterocycles. The summed E-state index contributed by atoms with van der Waals surface area (Å²) in [5, 5.41) is 6.45. The van der Waals surface area contributed by atoms with E-state index < -0.39 is 0 Å².